The average Bonchev–Trinajstić information content (AvgIpc) is 2.67. The number of halogens is 3. The maximum atomic E-state index is 14.8. The third kappa shape index (κ3) is 4.32. The van der Waals surface area contributed by atoms with Crippen LogP contribution in [0.3, 0.4) is 0 Å². The van der Waals surface area contributed by atoms with Gasteiger partial charge in [-0.25, -0.2) is 8.78 Å². The van der Waals surface area contributed by atoms with Crippen molar-refractivity contribution in [3.63, 3.8) is 0 Å². The van der Waals surface area contributed by atoms with Crippen molar-refractivity contribution in [3.8, 4) is 0 Å². The van der Waals surface area contributed by atoms with Crippen molar-refractivity contribution in [1.82, 2.24) is 15.3 Å². The number of aryl methyl sites for hydroxylation is 3. The predicted molar refractivity (Wildman–Crippen MR) is 118 cm³/mol. The van der Waals surface area contributed by atoms with Crippen molar-refractivity contribution >= 4 is 28.4 Å². The van der Waals surface area contributed by atoms with Crippen LogP contribution >= 0.6 is 11.6 Å². The van der Waals surface area contributed by atoms with Gasteiger partial charge in [-0.05, 0) is 44.5 Å². The molecule has 0 fully saturated rings. The molecule has 0 unspecified atom stereocenters. The summed E-state index contributed by atoms with van der Waals surface area (Å²) in [6.45, 7) is 7.54. The highest BCUT2D eigenvalue weighted by molar-refractivity contribution is 6.35. The zero-order valence-electron chi connectivity index (χ0n) is 18.0. The number of nitrogens with one attached hydrogen (secondary N) is 2. The second kappa shape index (κ2) is 8.38. The van der Waals surface area contributed by atoms with E-state index < -0.39 is 23.3 Å². The number of carbonyl (C=O) groups is 1. The van der Waals surface area contributed by atoms with Crippen molar-refractivity contribution in [1.29, 1.82) is 0 Å². The van der Waals surface area contributed by atoms with Gasteiger partial charge in [0, 0.05) is 45.9 Å². The lowest BCUT2D eigenvalue weighted by Gasteiger charge is -2.23. The first-order valence-corrected chi connectivity index (χ1v) is 10.3. The molecule has 0 radical (unpaired) electrons. The monoisotopic (exact) mass is 447 g/mol. The third-order valence-electron chi connectivity index (χ3n) is 5.34. The summed E-state index contributed by atoms with van der Waals surface area (Å²) in [5.41, 5.74) is 1.42. The smallest absolute Gasteiger partial charge is 0.276 e. The molecule has 0 aliphatic heterocycles. The number of nitrogens with zero attached hydrogens (tertiary/aromatic N) is 1. The lowest BCUT2D eigenvalue weighted by atomic mass is 9.94. The summed E-state index contributed by atoms with van der Waals surface area (Å²) in [7, 11) is 0. The van der Waals surface area contributed by atoms with Gasteiger partial charge < -0.3 is 10.3 Å². The van der Waals surface area contributed by atoms with E-state index in [0.717, 1.165) is 5.39 Å². The number of aromatic nitrogens is 2. The number of H-pyrrole nitrogens is 1. The zero-order chi connectivity index (χ0) is 23.1. The summed E-state index contributed by atoms with van der Waals surface area (Å²) in [5, 5.41) is 3.86. The number of amides is 1. The first-order chi connectivity index (χ1) is 14.4. The summed E-state index contributed by atoms with van der Waals surface area (Å²) in [6.07, 6.45) is 0. The number of hydrogen-bond acceptors (Lipinski definition) is 3. The molecule has 0 saturated heterocycles. The van der Waals surface area contributed by atoms with Crippen LogP contribution < -0.4 is 10.9 Å². The van der Waals surface area contributed by atoms with Gasteiger partial charge in [-0.2, -0.15) is 0 Å². The summed E-state index contributed by atoms with van der Waals surface area (Å²) in [5.74, 6) is -4.71. The molecule has 164 valence electrons. The van der Waals surface area contributed by atoms with Crippen molar-refractivity contribution in [2.75, 3.05) is 0 Å². The van der Waals surface area contributed by atoms with E-state index in [0.29, 0.717) is 33.1 Å². The van der Waals surface area contributed by atoms with Crippen LogP contribution in [0.2, 0.25) is 5.02 Å². The zero-order valence-corrected chi connectivity index (χ0v) is 18.7. The fourth-order valence-corrected chi connectivity index (χ4v) is 3.83. The minimum absolute atomic E-state index is 0.159. The Kier molecular flexibility index (Phi) is 6.18. The van der Waals surface area contributed by atoms with Gasteiger partial charge in [-0.1, -0.05) is 31.5 Å². The maximum Gasteiger partial charge on any atom is 0.276 e. The standard InChI is InChI=1S/C23H24ClF2N3O2/c1-11(2)23(25,26)18-8-12(3)29-22(31)17(18)10-27-21(30)15-6-7-16-19(24)9-13(4)28-20(16)14(15)5/h6-9,11H,10H2,1-5H3,(H,27,30)(H,29,31). The van der Waals surface area contributed by atoms with Crippen LogP contribution in [-0.2, 0) is 12.5 Å². The summed E-state index contributed by atoms with van der Waals surface area (Å²) in [6, 6.07) is 6.31. The molecule has 0 aliphatic carbocycles. The molecule has 1 amide bonds. The Hall–Kier alpha value is -2.80. The number of rotatable bonds is 5. The van der Waals surface area contributed by atoms with E-state index >= 15 is 0 Å². The highest BCUT2D eigenvalue weighted by Crippen LogP contribution is 2.37. The molecule has 3 aromatic rings. The van der Waals surface area contributed by atoms with Crippen LogP contribution in [-0.4, -0.2) is 15.9 Å². The molecule has 0 bridgehead atoms. The largest absolute Gasteiger partial charge is 0.348 e. The topological polar surface area (TPSA) is 74.8 Å². The Morgan fingerprint density at radius 3 is 2.55 bits per heavy atom. The SMILES string of the molecule is Cc1cc(Cl)c2ccc(C(=O)NCc3c(C(F)(F)C(C)C)cc(C)[nH]c3=O)c(C)c2n1. The second-order valence-corrected chi connectivity index (χ2v) is 8.42. The van der Waals surface area contributed by atoms with Gasteiger partial charge in [-0.3, -0.25) is 14.6 Å². The fraction of sp³-hybridized carbons (Fsp3) is 0.348. The van der Waals surface area contributed by atoms with Gasteiger partial charge in [-0.15, -0.1) is 0 Å². The molecule has 3 rings (SSSR count). The number of fused-ring (bicyclic) bond motifs is 1. The van der Waals surface area contributed by atoms with Crippen LogP contribution in [0.1, 0.15) is 52.3 Å². The van der Waals surface area contributed by atoms with Gasteiger partial charge in [0.15, 0.2) is 0 Å². The minimum Gasteiger partial charge on any atom is -0.348 e. The molecular formula is C23H24ClF2N3O2. The molecule has 1 aromatic carbocycles. The van der Waals surface area contributed by atoms with Crippen LogP contribution in [0, 0.1) is 26.7 Å². The van der Waals surface area contributed by atoms with Crippen molar-refractivity contribution in [2.24, 2.45) is 5.92 Å². The van der Waals surface area contributed by atoms with E-state index in [-0.39, 0.29) is 17.7 Å². The van der Waals surface area contributed by atoms with Gasteiger partial charge in [0.2, 0.25) is 0 Å². The summed E-state index contributed by atoms with van der Waals surface area (Å²) >= 11 is 6.27. The third-order valence-corrected chi connectivity index (χ3v) is 5.65. The van der Waals surface area contributed by atoms with Gasteiger partial charge in [0.25, 0.3) is 17.4 Å². The molecule has 0 aliphatic rings. The molecule has 2 N–H and O–H groups in total. The van der Waals surface area contributed by atoms with Gasteiger partial charge in [0.1, 0.15) is 0 Å². The molecule has 5 nitrogen and oxygen atoms in total. The maximum absolute atomic E-state index is 14.8. The number of pyridine rings is 2. The van der Waals surface area contributed by atoms with E-state index in [2.05, 4.69) is 15.3 Å². The quantitative estimate of drug-likeness (QED) is 0.566. The Morgan fingerprint density at radius 2 is 1.90 bits per heavy atom. The highest BCUT2D eigenvalue weighted by Gasteiger charge is 2.38. The number of benzene rings is 1. The first kappa shape index (κ1) is 22.9. The summed E-state index contributed by atoms with van der Waals surface area (Å²) < 4.78 is 29.5. The van der Waals surface area contributed by atoms with Gasteiger partial charge >= 0.3 is 0 Å². The molecule has 2 heterocycles. The normalized spacial score (nSPS) is 11.9. The van der Waals surface area contributed by atoms with E-state index in [4.69, 9.17) is 11.6 Å². The first-order valence-electron chi connectivity index (χ1n) is 9.89. The Morgan fingerprint density at radius 1 is 1.23 bits per heavy atom. The number of alkyl halides is 2. The Balaban J connectivity index is 1.97. The van der Waals surface area contributed by atoms with Crippen LogP contribution in [0.25, 0.3) is 10.9 Å². The van der Waals surface area contributed by atoms with Crippen molar-refractivity contribution in [2.45, 2.75) is 47.1 Å². The molecular weight excluding hydrogens is 424 g/mol. The lowest BCUT2D eigenvalue weighted by Crippen LogP contribution is -2.33. The molecule has 0 saturated carbocycles. The molecule has 2 aromatic heterocycles. The van der Waals surface area contributed by atoms with E-state index in [1.165, 1.54) is 19.9 Å². The van der Waals surface area contributed by atoms with Crippen molar-refractivity contribution < 1.29 is 13.6 Å². The molecule has 31 heavy (non-hydrogen) atoms. The summed E-state index contributed by atoms with van der Waals surface area (Å²) in [4.78, 5) is 32.3. The molecule has 0 atom stereocenters. The van der Waals surface area contributed by atoms with E-state index in [1.807, 2.05) is 0 Å². The van der Waals surface area contributed by atoms with Gasteiger partial charge in [0.05, 0.1) is 10.5 Å². The van der Waals surface area contributed by atoms with Crippen LogP contribution in [0.15, 0.2) is 29.1 Å². The number of carbonyl (C=O) groups excluding carboxylic acids is 1. The van der Waals surface area contributed by atoms with Crippen molar-refractivity contribution in [3.05, 3.63) is 73.3 Å². The molecule has 8 heteroatoms. The van der Waals surface area contributed by atoms with E-state index in [1.54, 1.807) is 39.0 Å². The minimum atomic E-state index is -3.21. The average molecular weight is 448 g/mol. The highest BCUT2D eigenvalue weighted by atomic mass is 35.5. The fourth-order valence-electron chi connectivity index (χ4n) is 3.52. The van der Waals surface area contributed by atoms with Crippen LogP contribution in [0.4, 0.5) is 8.78 Å². The Bertz CT molecular complexity index is 1240. The predicted octanol–water partition coefficient (Wildman–Crippen LogP) is 5.18. The lowest BCUT2D eigenvalue weighted by molar-refractivity contribution is -0.0524. The number of hydrogen-bond donors (Lipinski definition) is 2. The second-order valence-electron chi connectivity index (χ2n) is 8.01. The Labute approximate surface area is 183 Å². The van der Waals surface area contributed by atoms with Crippen LogP contribution in [0.5, 0.6) is 0 Å². The van der Waals surface area contributed by atoms with E-state index in [9.17, 15) is 18.4 Å². The molecule has 0 spiro atoms. The number of aromatic amines is 1.